The highest BCUT2D eigenvalue weighted by atomic mass is 32.2. The van der Waals surface area contributed by atoms with E-state index in [1.807, 2.05) is 6.07 Å². The molecule has 1 amide bonds. The summed E-state index contributed by atoms with van der Waals surface area (Å²) >= 11 is 0. The normalized spacial score (nSPS) is 11.0. The van der Waals surface area contributed by atoms with Crippen LogP contribution in [-0.4, -0.2) is 32.9 Å². The van der Waals surface area contributed by atoms with Gasteiger partial charge in [-0.1, -0.05) is 18.2 Å². The maximum Gasteiger partial charge on any atom is 0.338 e. The molecule has 0 aliphatic heterocycles. The second kappa shape index (κ2) is 9.82. The number of hydrogen-bond acceptors (Lipinski definition) is 6. The van der Waals surface area contributed by atoms with Gasteiger partial charge in [0.25, 0.3) is 5.91 Å². The van der Waals surface area contributed by atoms with Crippen molar-refractivity contribution in [2.24, 2.45) is 0 Å². The zero-order valence-corrected chi connectivity index (χ0v) is 16.8. The zero-order chi connectivity index (χ0) is 21.4. The molecule has 0 fully saturated rings. The number of nitrogens with one attached hydrogen (secondary N) is 2. The number of sulfonamides is 1. The van der Waals surface area contributed by atoms with Crippen LogP contribution in [0.2, 0.25) is 0 Å². The van der Waals surface area contributed by atoms with Gasteiger partial charge in [0.05, 0.1) is 22.9 Å². The van der Waals surface area contributed by atoms with Gasteiger partial charge in [0.15, 0.2) is 6.61 Å². The summed E-state index contributed by atoms with van der Waals surface area (Å²) in [5.41, 5.74) is 1.34. The number of nitrogens with zero attached hydrogens (tertiary/aromatic N) is 1. The van der Waals surface area contributed by atoms with E-state index >= 15 is 0 Å². The second-order valence-electron chi connectivity index (χ2n) is 6.46. The number of nitriles is 1. The largest absolute Gasteiger partial charge is 0.452 e. The Morgan fingerprint density at radius 2 is 1.83 bits per heavy atom. The lowest BCUT2D eigenvalue weighted by Gasteiger charge is -2.11. The highest BCUT2D eigenvalue weighted by Crippen LogP contribution is 2.13. The van der Waals surface area contributed by atoms with Crippen LogP contribution in [0.25, 0.3) is 0 Å². The fourth-order valence-corrected chi connectivity index (χ4v) is 3.67. The van der Waals surface area contributed by atoms with E-state index in [9.17, 15) is 18.0 Å². The lowest BCUT2D eigenvalue weighted by Crippen LogP contribution is -2.30. The molecule has 0 atom stereocenters. The van der Waals surface area contributed by atoms with Gasteiger partial charge in [-0.05, 0) is 49.7 Å². The van der Waals surface area contributed by atoms with Crippen molar-refractivity contribution in [3.8, 4) is 6.07 Å². The van der Waals surface area contributed by atoms with Crippen LogP contribution in [-0.2, 0) is 26.0 Å². The van der Waals surface area contributed by atoms with Gasteiger partial charge in [-0.15, -0.1) is 0 Å². The minimum absolute atomic E-state index is 0.0188. The Kier molecular flexibility index (Phi) is 7.47. The summed E-state index contributed by atoms with van der Waals surface area (Å²) in [6.07, 6.45) is 0.271. The fourth-order valence-electron chi connectivity index (χ4n) is 2.38. The number of esters is 1. The van der Waals surface area contributed by atoms with Crippen LogP contribution in [0, 0.1) is 11.3 Å². The first-order chi connectivity index (χ1) is 13.7. The van der Waals surface area contributed by atoms with E-state index in [-0.39, 0.29) is 22.9 Å². The van der Waals surface area contributed by atoms with E-state index in [1.165, 1.54) is 24.3 Å². The number of rotatable bonds is 8. The van der Waals surface area contributed by atoms with Crippen LogP contribution in [0.5, 0.6) is 0 Å². The van der Waals surface area contributed by atoms with Crippen molar-refractivity contribution in [3.63, 3.8) is 0 Å². The van der Waals surface area contributed by atoms with E-state index in [4.69, 9.17) is 10.00 Å². The first-order valence-corrected chi connectivity index (χ1v) is 10.2. The van der Waals surface area contributed by atoms with Crippen LogP contribution >= 0.6 is 0 Å². The molecule has 29 heavy (non-hydrogen) atoms. The molecule has 152 valence electrons. The van der Waals surface area contributed by atoms with Crippen molar-refractivity contribution >= 4 is 27.6 Å². The van der Waals surface area contributed by atoms with E-state index in [0.29, 0.717) is 5.69 Å². The Balaban J connectivity index is 1.96. The molecular weight excluding hydrogens is 394 g/mol. The van der Waals surface area contributed by atoms with E-state index in [0.717, 1.165) is 5.56 Å². The van der Waals surface area contributed by atoms with Gasteiger partial charge in [0.1, 0.15) is 0 Å². The van der Waals surface area contributed by atoms with Crippen molar-refractivity contribution in [2.75, 3.05) is 11.9 Å². The van der Waals surface area contributed by atoms with Crippen molar-refractivity contribution < 1.29 is 22.7 Å². The quantitative estimate of drug-likeness (QED) is 0.637. The molecule has 0 aliphatic carbocycles. The molecule has 0 unspecified atom stereocenters. The monoisotopic (exact) mass is 415 g/mol. The Labute approximate surface area is 169 Å². The molecule has 0 aliphatic rings. The van der Waals surface area contributed by atoms with E-state index in [2.05, 4.69) is 10.0 Å². The molecule has 0 radical (unpaired) electrons. The summed E-state index contributed by atoms with van der Waals surface area (Å²) in [4.78, 5) is 24.1. The Morgan fingerprint density at radius 3 is 2.45 bits per heavy atom. The summed E-state index contributed by atoms with van der Waals surface area (Å²) in [7, 11) is -3.75. The van der Waals surface area contributed by atoms with Gasteiger partial charge >= 0.3 is 5.97 Å². The second-order valence-corrected chi connectivity index (χ2v) is 8.17. The topological polar surface area (TPSA) is 125 Å². The molecule has 2 aromatic rings. The standard InChI is InChI=1S/C20H21N3O5S/c1-14(2)23-29(26,27)18-5-3-4-16(12-18)20(25)28-13-19(24)22-17-8-6-15(7-9-17)10-11-21/h3-9,12,14,23H,10,13H2,1-2H3,(H,22,24). The summed E-state index contributed by atoms with van der Waals surface area (Å²) < 4.78 is 31.8. The number of amides is 1. The minimum atomic E-state index is -3.75. The van der Waals surface area contributed by atoms with E-state index < -0.39 is 28.5 Å². The molecule has 9 heteroatoms. The molecule has 2 aromatic carbocycles. The molecule has 2 N–H and O–H groups in total. The highest BCUT2D eigenvalue weighted by Gasteiger charge is 2.18. The summed E-state index contributed by atoms with van der Waals surface area (Å²) in [5, 5.41) is 11.2. The number of ether oxygens (including phenoxy) is 1. The predicted molar refractivity (Wildman–Crippen MR) is 107 cm³/mol. The van der Waals surface area contributed by atoms with Gasteiger partial charge in [-0.25, -0.2) is 17.9 Å². The molecule has 0 spiro atoms. The first-order valence-electron chi connectivity index (χ1n) is 8.76. The van der Waals surface area contributed by atoms with Crippen molar-refractivity contribution in [1.82, 2.24) is 4.72 Å². The SMILES string of the molecule is CC(C)NS(=O)(=O)c1cccc(C(=O)OCC(=O)Nc2ccc(CC#N)cc2)c1. The van der Waals surface area contributed by atoms with Crippen molar-refractivity contribution in [2.45, 2.75) is 31.2 Å². The fraction of sp³-hybridized carbons (Fsp3) is 0.250. The van der Waals surface area contributed by atoms with Crippen molar-refractivity contribution in [1.29, 1.82) is 5.26 Å². The molecular formula is C20H21N3O5S. The van der Waals surface area contributed by atoms with Crippen LogP contribution < -0.4 is 10.0 Å². The minimum Gasteiger partial charge on any atom is -0.452 e. The lowest BCUT2D eigenvalue weighted by molar-refractivity contribution is -0.119. The number of hydrogen-bond donors (Lipinski definition) is 2. The van der Waals surface area contributed by atoms with Gasteiger partial charge in [0, 0.05) is 11.7 Å². The molecule has 0 bridgehead atoms. The molecule has 0 heterocycles. The van der Waals surface area contributed by atoms with Crippen LogP contribution in [0.3, 0.4) is 0 Å². The maximum absolute atomic E-state index is 12.2. The Hall–Kier alpha value is -3.22. The van der Waals surface area contributed by atoms with Crippen molar-refractivity contribution in [3.05, 3.63) is 59.7 Å². The maximum atomic E-state index is 12.2. The third-order valence-electron chi connectivity index (χ3n) is 3.63. The Morgan fingerprint density at radius 1 is 1.14 bits per heavy atom. The predicted octanol–water partition coefficient (Wildman–Crippen LogP) is 2.23. The third kappa shape index (κ3) is 6.71. The number of carbonyl (C=O) groups is 2. The molecule has 2 rings (SSSR count). The molecule has 8 nitrogen and oxygen atoms in total. The summed E-state index contributed by atoms with van der Waals surface area (Å²) in [5.74, 6) is -1.36. The van der Waals surface area contributed by atoms with Gasteiger partial charge in [0.2, 0.25) is 10.0 Å². The van der Waals surface area contributed by atoms with Gasteiger partial charge in [-0.2, -0.15) is 5.26 Å². The third-order valence-corrected chi connectivity index (χ3v) is 5.28. The average Bonchev–Trinajstić information content (AvgIpc) is 2.67. The highest BCUT2D eigenvalue weighted by molar-refractivity contribution is 7.89. The molecule has 0 saturated heterocycles. The molecule has 0 saturated carbocycles. The Bertz CT molecular complexity index is 1020. The zero-order valence-electron chi connectivity index (χ0n) is 16.0. The van der Waals surface area contributed by atoms with Crippen LogP contribution in [0.4, 0.5) is 5.69 Å². The number of benzene rings is 2. The first kappa shape index (κ1) is 22.1. The van der Waals surface area contributed by atoms with Gasteiger partial charge < -0.3 is 10.1 Å². The van der Waals surface area contributed by atoms with Crippen LogP contribution in [0.1, 0.15) is 29.8 Å². The van der Waals surface area contributed by atoms with Crippen LogP contribution in [0.15, 0.2) is 53.4 Å². The van der Waals surface area contributed by atoms with E-state index in [1.54, 1.807) is 38.1 Å². The average molecular weight is 415 g/mol. The smallest absolute Gasteiger partial charge is 0.338 e. The summed E-state index contributed by atoms with van der Waals surface area (Å²) in [6.45, 7) is 2.84. The summed E-state index contributed by atoms with van der Waals surface area (Å²) in [6, 6.07) is 13.8. The number of anilines is 1. The molecule has 0 aromatic heterocycles. The van der Waals surface area contributed by atoms with Gasteiger partial charge in [-0.3, -0.25) is 4.79 Å². The number of carbonyl (C=O) groups excluding carboxylic acids is 2. The lowest BCUT2D eigenvalue weighted by atomic mass is 10.1.